The maximum atomic E-state index is 12.3. The minimum atomic E-state index is -0.466. The number of hydrogen-bond acceptors (Lipinski definition) is 4. The van der Waals surface area contributed by atoms with Crippen molar-refractivity contribution >= 4 is 29.4 Å². The lowest BCUT2D eigenvalue weighted by Gasteiger charge is -2.04. The Kier molecular flexibility index (Phi) is 5.57. The fourth-order valence-corrected chi connectivity index (χ4v) is 3.08. The molecule has 3 rings (SSSR count). The number of nitrogens with zero attached hydrogens (tertiary/aromatic N) is 1. The molecule has 1 N–H and O–H groups in total. The van der Waals surface area contributed by atoms with Crippen molar-refractivity contribution in [3.8, 4) is 6.07 Å². The van der Waals surface area contributed by atoms with Gasteiger partial charge in [0.05, 0.1) is 0 Å². The molecule has 0 aliphatic carbocycles. The molecule has 1 amide bonds. The zero-order chi connectivity index (χ0) is 18.4. The first-order valence-electron chi connectivity index (χ1n) is 7.96. The summed E-state index contributed by atoms with van der Waals surface area (Å²) in [6.07, 6.45) is 1.44. The summed E-state index contributed by atoms with van der Waals surface area (Å²) >= 11 is 1.48. The molecule has 0 fully saturated rings. The van der Waals surface area contributed by atoms with Crippen LogP contribution in [0.2, 0.25) is 0 Å². The molecule has 0 saturated carbocycles. The summed E-state index contributed by atoms with van der Waals surface area (Å²) in [5, 5.41) is 12.7. The van der Waals surface area contributed by atoms with Gasteiger partial charge in [0.15, 0.2) is 5.09 Å². The zero-order valence-electron chi connectivity index (χ0n) is 14.1. The standard InChI is InChI=1S/C21H16N2O2S/c1-15-6-5-7-17(12-15)23-21(24)16(14-22)13-18-10-11-20(25-18)26-19-8-3-2-4-9-19/h2-13H,1H3,(H,23,24)/b16-13-. The summed E-state index contributed by atoms with van der Waals surface area (Å²) in [5.74, 6) is -0.00821. The average molecular weight is 360 g/mol. The Morgan fingerprint density at radius 3 is 2.65 bits per heavy atom. The van der Waals surface area contributed by atoms with Gasteiger partial charge in [-0.15, -0.1) is 0 Å². The topological polar surface area (TPSA) is 66.0 Å². The lowest BCUT2D eigenvalue weighted by molar-refractivity contribution is -0.112. The molecule has 0 aliphatic heterocycles. The molecule has 0 saturated heterocycles. The van der Waals surface area contributed by atoms with Gasteiger partial charge in [-0.05, 0) is 48.9 Å². The average Bonchev–Trinajstić information content (AvgIpc) is 3.07. The van der Waals surface area contributed by atoms with Crippen LogP contribution in [0.4, 0.5) is 5.69 Å². The minimum absolute atomic E-state index is 0.0166. The molecule has 1 heterocycles. The summed E-state index contributed by atoms with van der Waals surface area (Å²) in [4.78, 5) is 13.4. The van der Waals surface area contributed by atoms with Crippen LogP contribution in [0.3, 0.4) is 0 Å². The number of carbonyl (C=O) groups is 1. The molecule has 0 spiro atoms. The molecule has 0 unspecified atom stereocenters. The van der Waals surface area contributed by atoms with Crippen LogP contribution >= 0.6 is 11.8 Å². The van der Waals surface area contributed by atoms with E-state index < -0.39 is 5.91 Å². The second kappa shape index (κ2) is 8.24. The third kappa shape index (κ3) is 4.65. The molecule has 3 aromatic rings. The van der Waals surface area contributed by atoms with Crippen molar-refractivity contribution in [2.24, 2.45) is 0 Å². The van der Waals surface area contributed by atoms with Crippen molar-refractivity contribution < 1.29 is 9.21 Å². The van der Waals surface area contributed by atoms with Crippen LogP contribution in [-0.2, 0) is 4.79 Å². The highest BCUT2D eigenvalue weighted by Gasteiger charge is 2.11. The summed E-state index contributed by atoms with van der Waals surface area (Å²) in [6, 6.07) is 22.7. The van der Waals surface area contributed by atoms with E-state index in [1.54, 1.807) is 12.1 Å². The van der Waals surface area contributed by atoms with Gasteiger partial charge in [-0.1, -0.05) is 42.1 Å². The highest BCUT2D eigenvalue weighted by Crippen LogP contribution is 2.29. The number of aryl methyl sites for hydroxylation is 1. The van der Waals surface area contributed by atoms with Crippen molar-refractivity contribution in [1.82, 2.24) is 0 Å². The van der Waals surface area contributed by atoms with Crippen molar-refractivity contribution in [2.45, 2.75) is 16.9 Å². The van der Waals surface area contributed by atoms with Crippen LogP contribution in [0.25, 0.3) is 6.08 Å². The highest BCUT2D eigenvalue weighted by molar-refractivity contribution is 7.99. The van der Waals surface area contributed by atoms with Gasteiger partial charge in [0.1, 0.15) is 17.4 Å². The smallest absolute Gasteiger partial charge is 0.266 e. The first-order chi connectivity index (χ1) is 12.6. The molecule has 5 heteroatoms. The van der Waals surface area contributed by atoms with Crippen molar-refractivity contribution in [1.29, 1.82) is 5.26 Å². The Morgan fingerprint density at radius 2 is 1.92 bits per heavy atom. The maximum Gasteiger partial charge on any atom is 0.266 e. The second-order valence-corrected chi connectivity index (χ2v) is 6.64. The predicted molar refractivity (Wildman–Crippen MR) is 103 cm³/mol. The molecule has 26 heavy (non-hydrogen) atoms. The summed E-state index contributed by atoms with van der Waals surface area (Å²) in [5.41, 5.74) is 1.66. The normalized spacial score (nSPS) is 11.0. The summed E-state index contributed by atoms with van der Waals surface area (Å²) < 4.78 is 5.69. The molecule has 128 valence electrons. The minimum Gasteiger partial charge on any atom is -0.450 e. The van der Waals surface area contributed by atoms with Crippen LogP contribution in [-0.4, -0.2) is 5.91 Å². The molecule has 0 aliphatic rings. The second-order valence-electron chi connectivity index (χ2n) is 5.57. The first kappa shape index (κ1) is 17.6. The molecular formula is C21H16N2O2S. The molecule has 1 aromatic heterocycles. The van der Waals surface area contributed by atoms with E-state index in [0.717, 1.165) is 10.5 Å². The number of nitriles is 1. The Morgan fingerprint density at radius 1 is 1.12 bits per heavy atom. The SMILES string of the molecule is Cc1cccc(NC(=O)/C(C#N)=C\c2ccc(Sc3ccccc3)o2)c1. The number of amides is 1. The Labute approximate surface area is 156 Å². The van der Waals surface area contributed by atoms with Crippen LogP contribution in [0.5, 0.6) is 0 Å². The number of carbonyl (C=O) groups excluding carboxylic acids is 1. The maximum absolute atomic E-state index is 12.3. The van der Waals surface area contributed by atoms with Gasteiger partial charge in [-0.25, -0.2) is 0 Å². The van der Waals surface area contributed by atoms with E-state index in [2.05, 4.69) is 5.32 Å². The van der Waals surface area contributed by atoms with Crippen molar-refractivity contribution in [2.75, 3.05) is 5.32 Å². The van der Waals surface area contributed by atoms with Crippen LogP contribution in [0.1, 0.15) is 11.3 Å². The van der Waals surface area contributed by atoms with E-state index in [1.807, 2.05) is 67.6 Å². The third-order valence-corrected chi connectivity index (χ3v) is 4.42. The number of benzene rings is 2. The van der Waals surface area contributed by atoms with E-state index in [4.69, 9.17) is 4.42 Å². The fraction of sp³-hybridized carbons (Fsp3) is 0.0476. The molecule has 4 nitrogen and oxygen atoms in total. The Bertz CT molecular complexity index is 985. The molecule has 0 atom stereocenters. The summed E-state index contributed by atoms with van der Waals surface area (Å²) in [6.45, 7) is 1.94. The lowest BCUT2D eigenvalue weighted by Crippen LogP contribution is -2.13. The van der Waals surface area contributed by atoms with Gasteiger partial charge in [-0.3, -0.25) is 4.79 Å². The van der Waals surface area contributed by atoms with E-state index in [1.165, 1.54) is 17.8 Å². The monoisotopic (exact) mass is 360 g/mol. The third-order valence-electron chi connectivity index (χ3n) is 3.49. The van der Waals surface area contributed by atoms with Gasteiger partial charge in [0.2, 0.25) is 0 Å². The predicted octanol–water partition coefficient (Wildman–Crippen LogP) is 5.28. The van der Waals surface area contributed by atoms with Gasteiger partial charge in [0.25, 0.3) is 5.91 Å². The van der Waals surface area contributed by atoms with Crippen molar-refractivity contribution in [3.63, 3.8) is 0 Å². The van der Waals surface area contributed by atoms with Gasteiger partial charge in [-0.2, -0.15) is 5.26 Å². The number of furan rings is 1. The zero-order valence-corrected chi connectivity index (χ0v) is 14.9. The largest absolute Gasteiger partial charge is 0.450 e. The number of anilines is 1. The number of hydrogen-bond donors (Lipinski definition) is 1. The molecule has 2 aromatic carbocycles. The number of nitrogens with one attached hydrogen (secondary N) is 1. The van der Waals surface area contributed by atoms with Crippen LogP contribution < -0.4 is 5.32 Å². The first-order valence-corrected chi connectivity index (χ1v) is 8.78. The van der Waals surface area contributed by atoms with E-state index in [9.17, 15) is 10.1 Å². The lowest BCUT2D eigenvalue weighted by atomic mass is 10.2. The van der Waals surface area contributed by atoms with Crippen LogP contribution in [0, 0.1) is 18.3 Å². The van der Waals surface area contributed by atoms with Crippen LogP contribution in [0.15, 0.2) is 86.7 Å². The molecule has 0 bridgehead atoms. The van der Waals surface area contributed by atoms with Gasteiger partial charge in [0, 0.05) is 16.7 Å². The Hall–Kier alpha value is -3.23. The van der Waals surface area contributed by atoms with E-state index >= 15 is 0 Å². The number of rotatable bonds is 5. The van der Waals surface area contributed by atoms with Crippen molar-refractivity contribution in [3.05, 3.63) is 83.6 Å². The summed E-state index contributed by atoms with van der Waals surface area (Å²) in [7, 11) is 0. The van der Waals surface area contributed by atoms with Gasteiger partial charge < -0.3 is 9.73 Å². The van der Waals surface area contributed by atoms with Gasteiger partial charge >= 0.3 is 0 Å². The highest BCUT2D eigenvalue weighted by atomic mass is 32.2. The quantitative estimate of drug-likeness (QED) is 0.496. The fourth-order valence-electron chi connectivity index (χ4n) is 2.28. The van der Waals surface area contributed by atoms with E-state index in [0.29, 0.717) is 16.5 Å². The molecule has 0 radical (unpaired) electrons. The van der Waals surface area contributed by atoms with E-state index in [-0.39, 0.29) is 5.57 Å². The Balaban J connectivity index is 1.72. The molecular weight excluding hydrogens is 344 g/mol.